The fourth-order valence-corrected chi connectivity index (χ4v) is 2.89. The summed E-state index contributed by atoms with van der Waals surface area (Å²) in [4.78, 5) is 10.5. The largest absolute Gasteiger partial charge is 0.414 e. The highest BCUT2D eigenvalue weighted by Crippen LogP contribution is 2.20. The second-order valence-electron chi connectivity index (χ2n) is 2.92. The van der Waals surface area contributed by atoms with Crippen molar-refractivity contribution in [1.82, 2.24) is 0 Å². The molecule has 80 valence electrons. The van der Waals surface area contributed by atoms with Gasteiger partial charge in [-0.05, 0) is 17.7 Å². The van der Waals surface area contributed by atoms with Gasteiger partial charge < -0.3 is 4.42 Å². The normalized spacial score (nSPS) is 12.1. The molecule has 7 heteroatoms. The Kier molecular flexibility index (Phi) is 2.57. The first-order chi connectivity index (χ1) is 6.94. The van der Waals surface area contributed by atoms with Crippen LogP contribution < -0.4 is 4.94 Å². The van der Waals surface area contributed by atoms with Gasteiger partial charge in [0.2, 0.25) is 9.05 Å². The molecule has 0 radical (unpaired) electrons. The van der Waals surface area contributed by atoms with E-state index in [1.54, 1.807) is 18.2 Å². The average molecular weight is 265 g/mol. The van der Waals surface area contributed by atoms with Crippen LogP contribution in [0.2, 0.25) is 0 Å². The lowest BCUT2D eigenvalue weighted by atomic mass is 10.2. The van der Waals surface area contributed by atoms with E-state index in [1.165, 1.54) is 0 Å². The van der Waals surface area contributed by atoms with Crippen LogP contribution in [-0.4, -0.2) is 8.42 Å². The van der Waals surface area contributed by atoms with Crippen molar-refractivity contribution in [3.63, 3.8) is 0 Å². The van der Waals surface area contributed by atoms with E-state index in [-0.39, 0.29) is 5.75 Å². The zero-order valence-electron chi connectivity index (χ0n) is 7.27. The molecule has 2 aromatic rings. The molecule has 4 nitrogen and oxygen atoms in total. The summed E-state index contributed by atoms with van der Waals surface area (Å²) in [6.45, 7) is 0. The Morgan fingerprint density at radius 2 is 2.13 bits per heavy atom. The zero-order valence-corrected chi connectivity index (χ0v) is 9.66. The third-order valence-corrected chi connectivity index (χ3v) is 3.53. The maximum Gasteiger partial charge on any atom is 0.396 e. The summed E-state index contributed by atoms with van der Waals surface area (Å²) in [6.07, 6.45) is 0. The van der Waals surface area contributed by atoms with Crippen molar-refractivity contribution in [2.45, 2.75) is 5.75 Å². The predicted molar refractivity (Wildman–Crippen MR) is 58.8 cm³/mol. The molecule has 1 aromatic carbocycles. The van der Waals surface area contributed by atoms with Crippen molar-refractivity contribution < 1.29 is 12.8 Å². The Bertz CT molecular complexity index is 653. The van der Waals surface area contributed by atoms with Gasteiger partial charge in [0, 0.05) is 10.7 Å². The molecule has 0 fully saturated rings. The highest BCUT2D eigenvalue weighted by molar-refractivity contribution is 8.13. The Balaban J connectivity index is 2.51. The minimum Gasteiger partial charge on any atom is -0.414 e. The Morgan fingerprint density at radius 3 is 2.80 bits per heavy atom. The van der Waals surface area contributed by atoms with Crippen LogP contribution in [0, 0.1) is 0 Å². The molecule has 15 heavy (non-hydrogen) atoms. The van der Waals surface area contributed by atoms with Crippen LogP contribution in [0.1, 0.15) is 5.56 Å². The molecule has 1 heterocycles. The fourth-order valence-electron chi connectivity index (χ4n) is 1.21. The van der Waals surface area contributed by atoms with Crippen LogP contribution in [0.3, 0.4) is 0 Å². The van der Waals surface area contributed by atoms with Gasteiger partial charge in [-0.15, -0.1) is 0 Å². The van der Waals surface area contributed by atoms with Crippen molar-refractivity contribution in [3.8, 4) is 0 Å². The van der Waals surface area contributed by atoms with E-state index >= 15 is 0 Å². The molecule has 0 aliphatic rings. The monoisotopic (exact) mass is 264 g/mol. The van der Waals surface area contributed by atoms with E-state index in [0.29, 0.717) is 15.8 Å². The highest BCUT2D eigenvalue weighted by atomic mass is 35.7. The van der Waals surface area contributed by atoms with Gasteiger partial charge in [0.15, 0.2) is 0 Å². The standard InChI is InChI=1S/C8H5ClO4S2/c9-15(11,12)4-5-1-2-6-7(3-5)14-8(10)13-6/h1-3H,4H2. The van der Waals surface area contributed by atoms with Crippen molar-refractivity contribution in [2.75, 3.05) is 0 Å². The number of benzene rings is 1. The summed E-state index contributed by atoms with van der Waals surface area (Å²) in [5.41, 5.74) is 0.996. The first kappa shape index (κ1) is 10.7. The van der Waals surface area contributed by atoms with Crippen LogP contribution in [0.25, 0.3) is 10.3 Å². The summed E-state index contributed by atoms with van der Waals surface area (Å²) < 4.78 is 27.1. The number of fused-ring (bicyclic) bond motifs is 1. The molecule has 0 N–H and O–H groups in total. The molecule has 0 saturated carbocycles. The Morgan fingerprint density at radius 1 is 1.40 bits per heavy atom. The van der Waals surface area contributed by atoms with E-state index in [1.807, 2.05) is 0 Å². The number of hydrogen-bond acceptors (Lipinski definition) is 5. The molecule has 0 amide bonds. The Hall–Kier alpha value is -0.850. The molecule has 2 rings (SSSR count). The topological polar surface area (TPSA) is 64.3 Å². The third kappa shape index (κ3) is 2.58. The quantitative estimate of drug-likeness (QED) is 0.778. The van der Waals surface area contributed by atoms with Crippen LogP contribution in [-0.2, 0) is 14.8 Å². The van der Waals surface area contributed by atoms with Gasteiger partial charge >= 0.3 is 4.94 Å². The number of rotatable bonds is 2. The van der Waals surface area contributed by atoms with E-state index in [2.05, 4.69) is 0 Å². The molecule has 1 aromatic heterocycles. The maximum atomic E-state index is 10.9. The van der Waals surface area contributed by atoms with E-state index in [9.17, 15) is 13.2 Å². The summed E-state index contributed by atoms with van der Waals surface area (Å²) in [5.74, 6) is -0.253. The van der Waals surface area contributed by atoms with E-state index < -0.39 is 14.0 Å². The lowest BCUT2D eigenvalue weighted by Crippen LogP contribution is -1.94. The zero-order chi connectivity index (χ0) is 11.1. The van der Waals surface area contributed by atoms with Gasteiger partial charge in [-0.2, -0.15) is 0 Å². The summed E-state index contributed by atoms with van der Waals surface area (Å²) >= 11 is 0.932. The van der Waals surface area contributed by atoms with Gasteiger partial charge in [0.1, 0.15) is 5.58 Å². The first-order valence-corrected chi connectivity index (χ1v) is 7.18. The van der Waals surface area contributed by atoms with Crippen molar-refractivity contribution in [2.24, 2.45) is 0 Å². The van der Waals surface area contributed by atoms with Gasteiger partial charge in [0.05, 0.1) is 10.5 Å². The molecular weight excluding hydrogens is 260 g/mol. The first-order valence-electron chi connectivity index (χ1n) is 3.89. The minimum atomic E-state index is -3.57. The molecule has 0 atom stereocenters. The molecule has 0 bridgehead atoms. The van der Waals surface area contributed by atoms with Gasteiger partial charge in [-0.25, -0.2) is 13.2 Å². The summed E-state index contributed by atoms with van der Waals surface area (Å²) in [5, 5.41) is 0. The molecule has 0 saturated heterocycles. The lowest BCUT2D eigenvalue weighted by molar-refractivity contribution is 0.585. The fraction of sp³-hybridized carbons (Fsp3) is 0.125. The number of halogens is 1. The molecular formula is C8H5ClO4S2. The van der Waals surface area contributed by atoms with Crippen molar-refractivity contribution >= 4 is 41.4 Å². The van der Waals surface area contributed by atoms with Crippen molar-refractivity contribution in [3.05, 3.63) is 33.5 Å². The van der Waals surface area contributed by atoms with Crippen LogP contribution in [0.5, 0.6) is 0 Å². The SMILES string of the molecule is O=c1oc2ccc(CS(=O)(=O)Cl)cc2s1. The molecule has 0 unspecified atom stereocenters. The second-order valence-corrected chi connectivity index (χ2v) is 6.67. The van der Waals surface area contributed by atoms with Crippen molar-refractivity contribution in [1.29, 1.82) is 0 Å². The molecule has 0 aliphatic heterocycles. The maximum absolute atomic E-state index is 10.9. The lowest BCUT2D eigenvalue weighted by Gasteiger charge is -1.96. The van der Waals surface area contributed by atoms with Crippen LogP contribution in [0.15, 0.2) is 27.4 Å². The number of hydrogen-bond donors (Lipinski definition) is 0. The Labute approximate surface area is 93.5 Å². The smallest absolute Gasteiger partial charge is 0.396 e. The van der Waals surface area contributed by atoms with E-state index in [0.717, 1.165) is 11.3 Å². The molecule has 0 aliphatic carbocycles. The van der Waals surface area contributed by atoms with Gasteiger partial charge in [-0.3, -0.25) is 0 Å². The van der Waals surface area contributed by atoms with Crippen LogP contribution >= 0.6 is 22.0 Å². The van der Waals surface area contributed by atoms with E-state index in [4.69, 9.17) is 15.1 Å². The molecule has 0 spiro atoms. The third-order valence-electron chi connectivity index (χ3n) is 1.73. The van der Waals surface area contributed by atoms with Gasteiger partial charge in [0.25, 0.3) is 0 Å². The van der Waals surface area contributed by atoms with Gasteiger partial charge in [-0.1, -0.05) is 17.4 Å². The second kappa shape index (κ2) is 3.62. The summed E-state index contributed by atoms with van der Waals surface area (Å²) in [7, 11) is 1.54. The minimum absolute atomic E-state index is 0.253. The average Bonchev–Trinajstić information content (AvgIpc) is 2.40. The predicted octanol–water partition coefficient (Wildman–Crippen LogP) is 1.92. The highest BCUT2D eigenvalue weighted by Gasteiger charge is 2.09. The summed E-state index contributed by atoms with van der Waals surface area (Å²) in [6, 6.07) is 4.72. The van der Waals surface area contributed by atoms with Crippen LogP contribution in [0.4, 0.5) is 0 Å².